The number of nitrogens with zero attached hydrogens (tertiary/aromatic N) is 3. The zero-order valence-corrected chi connectivity index (χ0v) is 17.9. The Kier molecular flexibility index (Phi) is 6.91. The maximum atomic E-state index is 13.3. The number of benzene rings is 1. The quantitative estimate of drug-likeness (QED) is 0.502. The van der Waals surface area contributed by atoms with Crippen LogP contribution in [0.25, 0.3) is 0 Å². The van der Waals surface area contributed by atoms with Crippen LogP contribution in [0.3, 0.4) is 0 Å². The van der Waals surface area contributed by atoms with Crippen molar-refractivity contribution >= 4 is 11.8 Å². The lowest BCUT2D eigenvalue weighted by Crippen LogP contribution is -2.52. The third-order valence-corrected chi connectivity index (χ3v) is 5.80. The SMILES string of the molecule is NC(Cc1c[nH]cn1)C(=O)N1CCC[C@H]1C(=O)NC(Cc1ccccn1)c1ccccc1. The van der Waals surface area contributed by atoms with Crippen LogP contribution in [0, 0.1) is 0 Å². The van der Waals surface area contributed by atoms with Crippen LogP contribution in [0.1, 0.15) is 35.8 Å². The van der Waals surface area contributed by atoms with E-state index < -0.39 is 12.1 Å². The van der Waals surface area contributed by atoms with Gasteiger partial charge in [-0.1, -0.05) is 36.4 Å². The van der Waals surface area contributed by atoms with Crippen LogP contribution < -0.4 is 11.1 Å². The summed E-state index contributed by atoms with van der Waals surface area (Å²) in [5, 5.41) is 3.16. The van der Waals surface area contributed by atoms with Gasteiger partial charge >= 0.3 is 0 Å². The van der Waals surface area contributed by atoms with Gasteiger partial charge < -0.3 is 20.9 Å². The van der Waals surface area contributed by atoms with Gasteiger partial charge in [-0.05, 0) is 30.5 Å². The molecule has 2 aromatic heterocycles. The van der Waals surface area contributed by atoms with E-state index in [0.717, 1.165) is 23.4 Å². The molecular formula is C24H28N6O2. The van der Waals surface area contributed by atoms with E-state index >= 15 is 0 Å². The Morgan fingerprint density at radius 3 is 2.62 bits per heavy atom. The number of amides is 2. The molecule has 3 aromatic rings. The van der Waals surface area contributed by atoms with Gasteiger partial charge in [0.05, 0.1) is 24.1 Å². The molecule has 1 fully saturated rings. The Balaban J connectivity index is 1.46. The van der Waals surface area contributed by atoms with Crippen LogP contribution in [0.4, 0.5) is 0 Å². The number of H-pyrrole nitrogens is 1. The summed E-state index contributed by atoms with van der Waals surface area (Å²) in [6.07, 6.45) is 7.33. The summed E-state index contributed by atoms with van der Waals surface area (Å²) in [5.41, 5.74) is 8.78. The summed E-state index contributed by atoms with van der Waals surface area (Å²) in [4.78, 5) is 39.3. The Morgan fingerprint density at radius 1 is 1.09 bits per heavy atom. The maximum absolute atomic E-state index is 13.3. The molecule has 2 amide bonds. The largest absolute Gasteiger partial charge is 0.351 e. The Labute approximate surface area is 187 Å². The normalized spacial score (nSPS) is 17.7. The van der Waals surface area contributed by atoms with Gasteiger partial charge in [0, 0.05) is 37.5 Å². The molecule has 3 atom stereocenters. The minimum absolute atomic E-state index is 0.160. The second-order valence-electron chi connectivity index (χ2n) is 8.06. The molecule has 0 bridgehead atoms. The second kappa shape index (κ2) is 10.2. The summed E-state index contributed by atoms with van der Waals surface area (Å²) < 4.78 is 0. The highest BCUT2D eigenvalue weighted by atomic mass is 16.2. The number of carbonyl (C=O) groups is 2. The molecule has 1 aliphatic rings. The van der Waals surface area contributed by atoms with Crippen LogP contribution in [-0.4, -0.2) is 50.3 Å². The molecule has 2 unspecified atom stereocenters. The lowest BCUT2D eigenvalue weighted by molar-refractivity contribution is -0.139. The fraction of sp³-hybridized carbons (Fsp3) is 0.333. The molecule has 8 heteroatoms. The summed E-state index contributed by atoms with van der Waals surface area (Å²) in [6.45, 7) is 0.529. The van der Waals surface area contributed by atoms with E-state index in [0.29, 0.717) is 25.8 Å². The number of carbonyl (C=O) groups excluding carboxylic acids is 2. The number of pyridine rings is 1. The zero-order valence-electron chi connectivity index (χ0n) is 17.9. The van der Waals surface area contributed by atoms with E-state index in [9.17, 15) is 9.59 Å². The van der Waals surface area contributed by atoms with Gasteiger partial charge in [-0.3, -0.25) is 14.6 Å². The molecule has 1 aliphatic heterocycles. The van der Waals surface area contributed by atoms with Crippen molar-refractivity contribution in [2.45, 2.75) is 43.8 Å². The molecule has 1 saturated heterocycles. The first kappa shape index (κ1) is 21.7. The van der Waals surface area contributed by atoms with Gasteiger partial charge in [-0.15, -0.1) is 0 Å². The first-order valence-electron chi connectivity index (χ1n) is 10.9. The number of nitrogens with one attached hydrogen (secondary N) is 2. The summed E-state index contributed by atoms with van der Waals surface area (Å²) >= 11 is 0. The van der Waals surface area contributed by atoms with Crippen molar-refractivity contribution in [3.63, 3.8) is 0 Å². The third kappa shape index (κ3) is 5.20. The number of imidazole rings is 1. The molecule has 166 valence electrons. The molecule has 4 N–H and O–H groups in total. The standard InChI is InChI=1S/C24H28N6O2/c25-20(13-19-15-26-16-28-19)24(32)30-12-6-10-22(30)23(31)29-21(17-7-2-1-3-8-17)14-18-9-4-5-11-27-18/h1-5,7-9,11,15-16,20-22H,6,10,12-14,25H2,(H,26,28)(H,29,31)/t20?,21?,22-/m0/s1. The number of likely N-dealkylation sites (tertiary alicyclic amines) is 1. The molecule has 0 spiro atoms. The highest BCUT2D eigenvalue weighted by Gasteiger charge is 2.37. The van der Waals surface area contributed by atoms with Crippen LogP contribution in [0.15, 0.2) is 67.3 Å². The van der Waals surface area contributed by atoms with Gasteiger partial charge in [0.1, 0.15) is 6.04 Å². The third-order valence-electron chi connectivity index (χ3n) is 5.80. The number of hydrogen-bond donors (Lipinski definition) is 3. The van der Waals surface area contributed by atoms with Gasteiger partial charge in [0.25, 0.3) is 0 Å². The van der Waals surface area contributed by atoms with Gasteiger partial charge in [-0.25, -0.2) is 4.98 Å². The van der Waals surface area contributed by atoms with Crippen LogP contribution >= 0.6 is 0 Å². The second-order valence-corrected chi connectivity index (χ2v) is 8.06. The molecule has 3 heterocycles. The number of aromatic nitrogens is 3. The lowest BCUT2D eigenvalue weighted by Gasteiger charge is -2.28. The Bertz CT molecular complexity index is 1010. The van der Waals surface area contributed by atoms with E-state index in [1.165, 1.54) is 0 Å². The smallest absolute Gasteiger partial charge is 0.243 e. The Hall–Kier alpha value is -3.52. The van der Waals surface area contributed by atoms with E-state index in [-0.39, 0.29) is 17.9 Å². The predicted molar refractivity (Wildman–Crippen MR) is 120 cm³/mol. The van der Waals surface area contributed by atoms with Crippen molar-refractivity contribution in [1.82, 2.24) is 25.2 Å². The number of aromatic amines is 1. The molecule has 4 rings (SSSR count). The first-order valence-corrected chi connectivity index (χ1v) is 10.9. The van der Waals surface area contributed by atoms with E-state index in [1.54, 1.807) is 23.6 Å². The number of nitrogens with two attached hydrogens (primary N) is 1. The van der Waals surface area contributed by atoms with Crippen LogP contribution in [0.5, 0.6) is 0 Å². The maximum Gasteiger partial charge on any atom is 0.243 e. The fourth-order valence-corrected chi connectivity index (χ4v) is 4.16. The van der Waals surface area contributed by atoms with Crippen LogP contribution in [0.2, 0.25) is 0 Å². The highest BCUT2D eigenvalue weighted by Crippen LogP contribution is 2.22. The fourth-order valence-electron chi connectivity index (χ4n) is 4.16. The summed E-state index contributed by atoms with van der Waals surface area (Å²) in [6, 6.07) is 14.1. The lowest BCUT2D eigenvalue weighted by atomic mass is 10.0. The monoisotopic (exact) mass is 432 g/mol. The Morgan fingerprint density at radius 2 is 1.91 bits per heavy atom. The zero-order chi connectivity index (χ0) is 22.3. The van der Waals surface area contributed by atoms with Crippen LogP contribution in [-0.2, 0) is 22.4 Å². The van der Waals surface area contributed by atoms with Gasteiger partial charge in [0.2, 0.25) is 11.8 Å². The van der Waals surface area contributed by atoms with Crippen molar-refractivity contribution in [1.29, 1.82) is 0 Å². The van der Waals surface area contributed by atoms with Crippen molar-refractivity contribution < 1.29 is 9.59 Å². The molecular weight excluding hydrogens is 404 g/mol. The average molecular weight is 433 g/mol. The van der Waals surface area contributed by atoms with Gasteiger partial charge in [0.15, 0.2) is 0 Å². The van der Waals surface area contributed by atoms with E-state index in [1.807, 2.05) is 48.5 Å². The van der Waals surface area contributed by atoms with E-state index in [4.69, 9.17) is 5.73 Å². The molecule has 0 saturated carbocycles. The van der Waals surface area contributed by atoms with Crippen molar-refractivity contribution in [3.8, 4) is 0 Å². The highest BCUT2D eigenvalue weighted by molar-refractivity contribution is 5.90. The van der Waals surface area contributed by atoms with Crippen molar-refractivity contribution in [2.75, 3.05) is 6.54 Å². The molecule has 0 aliphatic carbocycles. The van der Waals surface area contributed by atoms with E-state index in [2.05, 4.69) is 20.3 Å². The number of hydrogen-bond acceptors (Lipinski definition) is 5. The molecule has 1 aromatic carbocycles. The summed E-state index contributed by atoms with van der Waals surface area (Å²) in [5.74, 6) is -0.376. The molecule has 8 nitrogen and oxygen atoms in total. The summed E-state index contributed by atoms with van der Waals surface area (Å²) in [7, 11) is 0. The topological polar surface area (TPSA) is 117 Å². The number of rotatable bonds is 8. The molecule has 32 heavy (non-hydrogen) atoms. The first-order chi connectivity index (χ1) is 15.6. The van der Waals surface area contributed by atoms with Crippen molar-refractivity contribution in [2.24, 2.45) is 5.73 Å². The van der Waals surface area contributed by atoms with Crippen molar-refractivity contribution in [3.05, 3.63) is 84.2 Å². The predicted octanol–water partition coefficient (Wildman–Crippen LogP) is 1.77. The minimum atomic E-state index is -0.731. The van der Waals surface area contributed by atoms with Gasteiger partial charge in [-0.2, -0.15) is 0 Å². The minimum Gasteiger partial charge on any atom is -0.351 e. The average Bonchev–Trinajstić information content (AvgIpc) is 3.51. The molecule has 0 radical (unpaired) electrons.